The summed E-state index contributed by atoms with van der Waals surface area (Å²) in [4.78, 5) is 4.87. The average Bonchev–Trinajstić information content (AvgIpc) is 2.97. The molecule has 0 atom stereocenters. The Morgan fingerprint density at radius 3 is 2.24 bits per heavy atom. The van der Waals surface area contributed by atoms with Gasteiger partial charge in [0.25, 0.3) is 0 Å². The summed E-state index contributed by atoms with van der Waals surface area (Å²) in [6, 6.07) is 20.9. The van der Waals surface area contributed by atoms with Gasteiger partial charge in [0.1, 0.15) is 17.2 Å². The van der Waals surface area contributed by atoms with Crippen LogP contribution in [0.15, 0.2) is 66.9 Å². The molecule has 4 aromatic rings. The summed E-state index contributed by atoms with van der Waals surface area (Å²) < 4.78 is 2.11. The van der Waals surface area contributed by atoms with E-state index in [1.807, 2.05) is 18.2 Å². The molecule has 3 heteroatoms. The number of anilines is 2. The topological polar surface area (TPSA) is 29.3 Å². The van der Waals surface area contributed by atoms with Gasteiger partial charge in [-0.3, -0.25) is 4.40 Å². The molecule has 0 saturated carbocycles. The smallest absolute Gasteiger partial charge is 0.143 e. The van der Waals surface area contributed by atoms with Crippen LogP contribution in [-0.2, 0) is 0 Å². The molecule has 0 fully saturated rings. The Morgan fingerprint density at radius 1 is 0.800 bits per heavy atom. The molecule has 0 bridgehead atoms. The largest absolute Gasteiger partial charge is 0.339 e. The van der Waals surface area contributed by atoms with Crippen molar-refractivity contribution in [1.29, 1.82) is 0 Å². The summed E-state index contributed by atoms with van der Waals surface area (Å²) in [5, 5.41) is 3.65. The lowest BCUT2D eigenvalue weighted by molar-refractivity contribution is 1.18. The van der Waals surface area contributed by atoms with Gasteiger partial charge in [-0.25, -0.2) is 4.98 Å². The zero-order valence-corrected chi connectivity index (χ0v) is 14.7. The predicted octanol–water partition coefficient (Wildman–Crippen LogP) is 5.67. The first kappa shape index (κ1) is 15.5. The molecule has 0 spiro atoms. The molecule has 0 aliphatic carbocycles. The molecule has 4 rings (SSSR count). The summed E-state index contributed by atoms with van der Waals surface area (Å²) in [7, 11) is 0. The van der Waals surface area contributed by atoms with Crippen LogP contribution in [0.4, 0.5) is 11.5 Å². The van der Waals surface area contributed by atoms with E-state index >= 15 is 0 Å². The minimum atomic E-state index is 0.937. The number of nitrogens with one attached hydrogen (secondary N) is 1. The van der Waals surface area contributed by atoms with E-state index in [4.69, 9.17) is 4.98 Å². The van der Waals surface area contributed by atoms with E-state index in [1.165, 1.54) is 16.7 Å². The normalized spacial score (nSPS) is 11.0. The maximum absolute atomic E-state index is 4.87. The first-order valence-electron chi connectivity index (χ1n) is 8.51. The van der Waals surface area contributed by atoms with Gasteiger partial charge < -0.3 is 5.32 Å². The molecule has 3 nitrogen and oxygen atoms in total. The van der Waals surface area contributed by atoms with Crippen LogP contribution >= 0.6 is 0 Å². The number of para-hydroxylation sites is 1. The highest BCUT2D eigenvalue weighted by molar-refractivity contribution is 5.81. The maximum atomic E-state index is 4.87. The van der Waals surface area contributed by atoms with Crippen molar-refractivity contribution >= 4 is 17.2 Å². The number of fused-ring (bicyclic) bond motifs is 1. The third kappa shape index (κ3) is 2.78. The fourth-order valence-electron chi connectivity index (χ4n) is 3.16. The van der Waals surface area contributed by atoms with Crippen LogP contribution in [-0.4, -0.2) is 9.38 Å². The summed E-state index contributed by atoms with van der Waals surface area (Å²) in [6.45, 7) is 6.36. The van der Waals surface area contributed by atoms with Crippen LogP contribution in [0.1, 0.15) is 16.7 Å². The van der Waals surface area contributed by atoms with Crippen molar-refractivity contribution in [3.05, 3.63) is 83.6 Å². The number of hydrogen-bond acceptors (Lipinski definition) is 2. The van der Waals surface area contributed by atoms with Gasteiger partial charge in [-0.05, 0) is 44.0 Å². The van der Waals surface area contributed by atoms with Gasteiger partial charge in [0, 0.05) is 17.4 Å². The SMILES string of the molecule is Cc1ccc(-c2nc3ccccn3c2Nc2c(C)cccc2C)cc1. The van der Waals surface area contributed by atoms with Crippen molar-refractivity contribution in [1.82, 2.24) is 9.38 Å². The van der Waals surface area contributed by atoms with E-state index in [9.17, 15) is 0 Å². The quantitative estimate of drug-likeness (QED) is 0.525. The van der Waals surface area contributed by atoms with Crippen molar-refractivity contribution in [2.45, 2.75) is 20.8 Å². The molecule has 25 heavy (non-hydrogen) atoms. The molecule has 0 aliphatic rings. The highest BCUT2D eigenvalue weighted by Gasteiger charge is 2.15. The monoisotopic (exact) mass is 327 g/mol. The van der Waals surface area contributed by atoms with Gasteiger partial charge in [-0.15, -0.1) is 0 Å². The second-order valence-electron chi connectivity index (χ2n) is 6.50. The number of aromatic nitrogens is 2. The number of pyridine rings is 1. The van der Waals surface area contributed by atoms with Crippen LogP contribution in [0.3, 0.4) is 0 Å². The van der Waals surface area contributed by atoms with E-state index in [2.05, 4.69) is 79.2 Å². The molecule has 0 aliphatic heterocycles. The fraction of sp³-hybridized carbons (Fsp3) is 0.136. The van der Waals surface area contributed by atoms with Gasteiger partial charge in [0.15, 0.2) is 0 Å². The molecule has 124 valence electrons. The van der Waals surface area contributed by atoms with Crippen LogP contribution < -0.4 is 5.32 Å². The molecular weight excluding hydrogens is 306 g/mol. The lowest BCUT2D eigenvalue weighted by atomic mass is 10.1. The summed E-state index contributed by atoms with van der Waals surface area (Å²) >= 11 is 0. The first-order chi connectivity index (χ1) is 12.1. The van der Waals surface area contributed by atoms with Crippen molar-refractivity contribution in [2.75, 3.05) is 5.32 Å². The molecule has 1 N–H and O–H groups in total. The number of hydrogen-bond donors (Lipinski definition) is 1. The number of imidazole rings is 1. The van der Waals surface area contributed by atoms with Crippen molar-refractivity contribution in [3.63, 3.8) is 0 Å². The van der Waals surface area contributed by atoms with Gasteiger partial charge in [0.2, 0.25) is 0 Å². The van der Waals surface area contributed by atoms with Crippen molar-refractivity contribution in [2.24, 2.45) is 0 Å². The van der Waals surface area contributed by atoms with Gasteiger partial charge >= 0.3 is 0 Å². The number of nitrogens with zero attached hydrogens (tertiary/aromatic N) is 2. The Hall–Kier alpha value is -3.07. The van der Waals surface area contributed by atoms with E-state index in [1.54, 1.807) is 0 Å². The highest BCUT2D eigenvalue weighted by atomic mass is 15.1. The average molecular weight is 327 g/mol. The lowest BCUT2D eigenvalue weighted by Crippen LogP contribution is -2.00. The van der Waals surface area contributed by atoms with Gasteiger partial charge in [-0.2, -0.15) is 0 Å². The molecule has 0 amide bonds. The van der Waals surface area contributed by atoms with E-state index in [0.29, 0.717) is 0 Å². The van der Waals surface area contributed by atoms with E-state index in [0.717, 1.165) is 28.4 Å². The fourth-order valence-corrected chi connectivity index (χ4v) is 3.16. The summed E-state index contributed by atoms with van der Waals surface area (Å²) in [6.07, 6.45) is 2.05. The molecular formula is C22H21N3. The standard InChI is InChI=1S/C22H21N3/c1-15-10-12-18(13-11-15)21-22(25-14-5-4-9-19(25)23-21)24-20-16(2)7-6-8-17(20)3/h4-14,24H,1-3H3. The first-order valence-corrected chi connectivity index (χ1v) is 8.51. The Bertz CT molecular complexity index is 1020. The van der Waals surface area contributed by atoms with Crippen LogP contribution in [0, 0.1) is 20.8 Å². The molecule has 0 saturated heterocycles. The third-order valence-corrected chi connectivity index (χ3v) is 4.58. The summed E-state index contributed by atoms with van der Waals surface area (Å²) in [5.41, 5.74) is 7.85. The minimum Gasteiger partial charge on any atom is -0.339 e. The number of benzene rings is 2. The second kappa shape index (κ2) is 6.10. The molecule has 2 aromatic carbocycles. The highest BCUT2D eigenvalue weighted by Crippen LogP contribution is 2.33. The second-order valence-corrected chi connectivity index (χ2v) is 6.50. The molecule has 2 heterocycles. The van der Waals surface area contributed by atoms with Crippen molar-refractivity contribution < 1.29 is 0 Å². The summed E-state index contributed by atoms with van der Waals surface area (Å²) in [5.74, 6) is 0.997. The molecule has 0 radical (unpaired) electrons. The number of aryl methyl sites for hydroxylation is 3. The van der Waals surface area contributed by atoms with Crippen LogP contribution in [0.2, 0.25) is 0 Å². The predicted molar refractivity (Wildman–Crippen MR) is 105 cm³/mol. The van der Waals surface area contributed by atoms with Crippen molar-refractivity contribution in [3.8, 4) is 11.3 Å². The van der Waals surface area contributed by atoms with Gasteiger partial charge in [-0.1, -0.05) is 54.1 Å². The van der Waals surface area contributed by atoms with E-state index in [-0.39, 0.29) is 0 Å². The van der Waals surface area contributed by atoms with Crippen LogP contribution in [0.25, 0.3) is 16.9 Å². The lowest BCUT2D eigenvalue weighted by Gasteiger charge is -2.14. The Labute approximate surface area is 148 Å². The maximum Gasteiger partial charge on any atom is 0.143 e. The Kier molecular flexibility index (Phi) is 3.77. The van der Waals surface area contributed by atoms with Gasteiger partial charge in [0.05, 0.1) is 0 Å². The molecule has 0 unspecified atom stereocenters. The minimum absolute atomic E-state index is 0.937. The Balaban J connectivity index is 1.92. The zero-order valence-electron chi connectivity index (χ0n) is 14.7. The Morgan fingerprint density at radius 2 is 1.52 bits per heavy atom. The molecule has 2 aromatic heterocycles. The van der Waals surface area contributed by atoms with Crippen LogP contribution in [0.5, 0.6) is 0 Å². The number of rotatable bonds is 3. The van der Waals surface area contributed by atoms with E-state index < -0.39 is 0 Å². The third-order valence-electron chi connectivity index (χ3n) is 4.58. The zero-order chi connectivity index (χ0) is 17.4.